The summed E-state index contributed by atoms with van der Waals surface area (Å²) in [7, 11) is 0. The van der Waals surface area contributed by atoms with Crippen molar-refractivity contribution in [2.75, 3.05) is 6.54 Å². The van der Waals surface area contributed by atoms with E-state index in [1.54, 1.807) is 0 Å². The lowest BCUT2D eigenvalue weighted by Crippen LogP contribution is -2.52. The lowest BCUT2D eigenvalue weighted by Gasteiger charge is -2.32. The Balaban J connectivity index is 2.42. The van der Waals surface area contributed by atoms with Crippen molar-refractivity contribution >= 4 is 11.9 Å². The zero-order valence-corrected chi connectivity index (χ0v) is 8.95. The fraction of sp³-hybridized carbons (Fsp3) is 0.800. The van der Waals surface area contributed by atoms with Crippen LogP contribution in [0.5, 0.6) is 0 Å². The van der Waals surface area contributed by atoms with Gasteiger partial charge in [-0.2, -0.15) is 0 Å². The second-order valence-corrected chi connectivity index (χ2v) is 3.97. The highest BCUT2D eigenvalue weighted by atomic mass is 16.4. The number of carboxylic acid groups (broad SMARTS) is 1. The molecule has 1 saturated carbocycles. The topological polar surface area (TPSA) is 78.4 Å². The number of rotatable bonds is 4. The number of hydrogen-bond acceptors (Lipinski definition) is 3. The van der Waals surface area contributed by atoms with E-state index in [0.29, 0.717) is 0 Å². The third-order valence-electron chi connectivity index (χ3n) is 2.67. The van der Waals surface area contributed by atoms with Crippen LogP contribution in [0.2, 0.25) is 0 Å². The van der Waals surface area contributed by atoms with Crippen molar-refractivity contribution in [1.29, 1.82) is 0 Å². The molecule has 0 aliphatic heterocycles. The van der Waals surface area contributed by atoms with Crippen molar-refractivity contribution in [3.8, 4) is 0 Å². The summed E-state index contributed by atoms with van der Waals surface area (Å²) in [6.45, 7) is 1.45. The molecular weight excluding hydrogens is 196 g/mol. The molecule has 2 atom stereocenters. The van der Waals surface area contributed by atoms with Gasteiger partial charge in [-0.1, -0.05) is 12.8 Å². The highest BCUT2D eigenvalue weighted by molar-refractivity contribution is 5.73. The molecule has 1 aliphatic carbocycles. The van der Waals surface area contributed by atoms with Gasteiger partial charge in [0, 0.05) is 19.0 Å². The minimum atomic E-state index is -0.859. The van der Waals surface area contributed by atoms with E-state index in [1.165, 1.54) is 6.92 Å². The number of hydrogen-bond donors (Lipinski definition) is 3. The van der Waals surface area contributed by atoms with Crippen molar-refractivity contribution in [3.63, 3.8) is 0 Å². The van der Waals surface area contributed by atoms with E-state index >= 15 is 0 Å². The molecular formula is C10H18N2O3. The van der Waals surface area contributed by atoms with E-state index in [2.05, 4.69) is 10.6 Å². The summed E-state index contributed by atoms with van der Waals surface area (Å²) < 4.78 is 0. The minimum Gasteiger partial charge on any atom is -0.480 e. The standard InChI is InChI=1S/C10H18N2O3/c1-7(13)12-9-5-3-2-4-8(9)11-6-10(14)15/h8-9,11H,2-6H2,1H3,(H,12,13)(H,14,15)/t8-,9+/m1/s1. The van der Waals surface area contributed by atoms with Crippen molar-refractivity contribution in [1.82, 2.24) is 10.6 Å². The van der Waals surface area contributed by atoms with Crippen molar-refractivity contribution < 1.29 is 14.7 Å². The van der Waals surface area contributed by atoms with Gasteiger partial charge in [0.1, 0.15) is 0 Å². The average molecular weight is 214 g/mol. The molecule has 86 valence electrons. The molecule has 1 rings (SSSR count). The molecule has 5 heteroatoms. The minimum absolute atomic E-state index is 0.0409. The Morgan fingerprint density at radius 3 is 2.40 bits per heavy atom. The van der Waals surface area contributed by atoms with Gasteiger partial charge in [-0.05, 0) is 12.8 Å². The van der Waals surface area contributed by atoms with Crippen LogP contribution in [0, 0.1) is 0 Å². The van der Waals surface area contributed by atoms with Crippen LogP contribution >= 0.6 is 0 Å². The molecule has 5 nitrogen and oxygen atoms in total. The van der Waals surface area contributed by atoms with Gasteiger partial charge >= 0.3 is 5.97 Å². The normalized spacial score (nSPS) is 25.9. The Kier molecular flexibility index (Phi) is 4.55. The largest absolute Gasteiger partial charge is 0.480 e. The van der Waals surface area contributed by atoms with Crippen molar-refractivity contribution in [2.45, 2.75) is 44.7 Å². The summed E-state index contributed by atoms with van der Waals surface area (Å²) in [5.74, 6) is -0.911. The van der Waals surface area contributed by atoms with Gasteiger partial charge < -0.3 is 15.7 Å². The van der Waals surface area contributed by atoms with E-state index in [1.807, 2.05) is 0 Å². The number of aliphatic carboxylic acids is 1. The first-order valence-electron chi connectivity index (χ1n) is 5.32. The maximum absolute atomic E-state index is 10.9. The van der Waals surface area contributed by atoms with Crippen LogP contribution in [-0.4, -0.2) is 35.6 Å². The monoisotopic (exact) mass is 214 g/mol. The number of carbonyl (C=O) groups excluding carboxylic acids is 1. The van der Waals surface area contributed by atoms with Gasteiger partial charge in [0.05, 0.1) is 6.54 Å². The fourth-order valence-electron chi connectivity index (χ4n) is 2.03. The molecule has 0 bridgehead atoms. The second kappa shape index (κ2) is 5.70. The van der Waals surface area contributed by atoms with E-state index in [9.17, 15) is 9.59 Å². The summed E-state index contributed by atoms with van der Waals surface area (Å²) in [6.07, 6.45) is 4.04. The predicted octanol–water partition coefficient (Wildman–Crippen LogP) is 0.108. The molecule has 0 unspecified atom stereocenters. The van der Waals surface area contributed by atoms with Gasteiger partial charge in [-0.15, -0.1) is 0 Å². The average Bonchev–Trinajstić information content (AvgIpc) is 2.15. The van der Waals surface area contributed by atoms with Crippen LogP contribution in [0.1, 0.15) is 32.6 Å². The summed E-state index contributed by atoms with van der Waals surface area (Å²) >= 11 is 0. The quantitative estimate of drug-likeness (QED) is 0.620. The maximum atomic E-state index is 10.9. The first kappa shape index (κ1) is 12.0. The summed E-state index contributed by atoms with van der Waals surface area (Å²) in [5, 5.41) is 14.4. The summed E-state index contributed by atoms with van der Waals surface area (Å²) in [4.78, 5) is 21.4. The van der Waals surface area contributed by atoms with Crippen molar-refractivity contribution in [2.24, 2.45) is 0 Å². The first-order valence-corrected chi connectivity index (χ1v) is 5.32. The molecule has 15 heavy (non-hydrogen) atoms. The molecule has 0 aromatic carbocycles. The van der Waals surface area contributed by atoms with E-state index in [4.69, 9.17) is 5.11 Å². The second-order valence-electron chi connectivity index (χ2n) is 3.97. The number of carboxylic acids is 1. The third-order valence-corrected chi connectivity index (χ3v) is 2.67. The molecule has 0 saturated heterocycles. The van der Waals surface area contributed by atoms with Crippen LogP contribution in [0.3, 0.4) is 0 Å². The summed E-state index contributed by atoms with van der Waals surface area (Å²) in [6, 6.07) is 0.175. The number of nitrogens with one attached hydrogen (secondary N) is 2. The molecule has 0 aromatic rings. The fourth-order valence-corrected chi connectivity index (χ4v) is 2.03. The Hall–Kier alpha value is -1.10. The Morgan fingerprint density at radius 1 is 1.27 bits per heavy atom. The van der Waals surface area contributed by atoms with E-state index < -0.39 is 5.97 Å². The predicted molar refractivity (Wildman–Crippen MR) is 55.5 cm³/mol. The maximum Gasteiger partial charge on any atom is 0.317 e. The lowest BCUT2D eigenvalue weighted by atomic mass is 9.90. The number of amides is 1. The zero-order valence-electron chi connectivity index (χ0n) is 8.95. The molecule has 0 radical (unpaired) electrons. The molecule has 0 heterocycles. The van der Waals surface area contributed by atoms with Gasteiger partial charge in [-0.25, -0.2) is 0 Å². The van der Waals surface area contributed by atoms with Gasteiger partial charge in [-0.3, -0.25) is 9.59 Å². The van der Waals surface area contributed by atoms with Crippen LogP contribution in [0.4, 0.5) is 0 Å². The third kappa shape index (κ3) is 4.29. The highest BCUT2D eigenvalue weighted by Gasteiger charge is 2.25. The lowest BCUT2D eigenvalue weighted by molar-refractivity contribution is -0.136. The Bertz CT molecular complexity index is 243. The van der Waals surface area contributed by atoms with Crippen molar-refractivity contribution in [3.05, 3.63) is 0 Å². The Labute approximate surface area is 89.2 Å². The summed E-state index contributed by atoms with van der Waals surface area (Å²) in [5.41, 5.74) is 0. The molecule has 1 fully saturated rings. The number of carbonyl (C=O) groups is 2. The van der Waals surface area contributed by atoms with Gasteiger partial charge in [0.2, 0.25) is 5.91 Å². The van der Waals surface area contributed by atoms with Gasteiger partial charge in [0.25, 0.3) is 0 Å². The molecule has 1 aliphatic rings. The highest BCUT2D eigenvalue weighted by Crippen LogP contribution is 2.18. The SMILES string of the molecule is CC(=O)N[C@H]1CCCC[C@H]1NCC(=O)O. The molecule has 0 aromatic heterocycles. The van der Waals surface area contributed by atoms with E-state index in [0.717, 1.165) is 25.7 Å². The van der Waals surface area contributed by atoms with Crippen LogP contribution in [0.15, 0.2) is 0 Å². The van der Waals surface area contributed by atoms with Crippen LogP contribution in [0.25, 0.3) is 0 Å². The van der Waals surface area contributed by atoms with Gasteiger partial charge in [0.15, 0.2) is 0 Å². The molecule has 3 N–H and O–H groups in total. The van der Waals surface area contributed by atoms with E-state index in [-0.39, 0.29) is 24.5 Å². The Morgan fingerprint density at radius 2 is 1.87 bits per heavy atom. The smallest absolute Gasteiger partial charge is 0.317 e. The molecule has 0 spiro atoms. The zero-order chi connectivity index (χ0) is 11.3. The van der Waals surface area contributed by atoms with Crippen LogP contribution in [-0.2, 0) is 9.59 Å². The first-order chi connectivity index (χ1) is 7.09. The van der Waals surface area contributed by atoms with Crippen LogP contribution < -0.4 is 10.6 Å². The molecule has 1 amide bonds.